The fraction of sp³-hybridized carbons (Fsp3) is 0.160. The minimum Gasteiger partial charge on any atom is -0.455 e. The first-order valence-electron chi connectivity index (χ1n) is 20.5. The van der Waals surface area contributed by atoms with Crippen LogP contribution >= 0.6 is 0 Å². The predicted octanol–water partition coefficient (Wildman–Crippen LogP) is 11.1. The molecule has 8 heterocycles. The van der Waals surface area contributed by atoms with Gasteiger partial charge in [-0.15, -0.1) is 0 Å². The molecule has 0 atom stereocenters. The van der Waals surface area contributed by atoms with E-state index in [1.165, 1.54) is 0 Å². The smallest absolute Gasteiger partial charge is 0.262 e. The fourth-order valence-electron chi connectivity index (χ4n) is 11.2. The van der Waals surface area contributed by atoms with Crippen LogP contribution < -0.4 is 21.1 Å². The molecule has 3 aliphatic rings. The van der Waals surface area contributed by atoms with E-state index < -0.39 is 0 Å². The molecule has 7 aromatic carbocycles. The van der Waals surface area contributed by atoms with E-state index in [1.54, 1.807) is 0 Å². The van der Waals surface area contributed by atoms with E-state index in [0.29, 0.717) is 11.5 Å². The third-order valence-corrected chi connectivity index (χ3v) is 13.4. The van der Waals surface area contributed by atoms with Crippen molar-refractivity contribution in [3.63, 3.8) is 0 Å². The number of aromatic nitrogens is 4. The van der Waals surface area contributed by atoms with Crippen LogP contribution in [-0.2, 0) is 10.8 Å². The highest BCUT2D eigenvalue weighted by molar-refractivity contribution is 7.02. The normalized spacial score (nSPS) is 14.4. The van der Waals surface area contributed by atoms with Crippen LogP contribution in [0.5, 0.6) is 11.5 Å². The van der Waals surface area contributed by atoms with Crippen molar-refractivity contribution in [1.29, 1.82) is 0 Å². The summed E-state index contributed by atoms with van der Waals surface area (Å²) in [5, 5.41) is 22.0. The van der Waals surface area contributed by atoms with Crippen molar-refractivity contribution in [3.05, 3.63) is 102 Å². The summed E-state index contributed by atoms with van der Waals surface area (Å²) >= 11 is 0. The molecule has 9 heteroatoms. The maximum atomic E-state index is 7.47. The Labute approximate surface area is 335 Å². The van der Waals surface area contributed by atoms with Gasteiger partial charge in [0.2, 0.25) is 0 Å². The first-order valence-corrected chi connectivity index (χ1v) is 20.5. The zero-order valence-electron chi connectivity index (χ0n) is 33.2. The molecular formula is C50H33BN4O4. The van der Waals surface area contributed by atoms with Gasteiger partial charge in [0.1, 0.15) is 22.3 Å². The molecular weight excluding hydrogens is 731 g/mol. The lowest BCUT2D eigenvalue weighted by Crippen LogP contribution is -2.61. The summed E-state index contributed by atoms with van der Waals surface area (Å²) in [7, 11) is 0. The Kier molecular flexibility index (Phi) is 4.99. The average molecular weight is 765 g/mol. The molecule has 0 bridgehead atoms. The quantitative estimate of drug-likeness (QED) is 0.143. The maximum absolute atomic E-state index is 7.47. The van der Waals surface area contributed by atoms with Crippen LogP contribution in [-0.4, -0.2) is 26.3 Å². The minimum absolute atomic E-state index is 0.247. The van der Waals surface area contributed by atoms with Crippen LogP contribution in [0.1, 0.15) is 52.9 Å². The predicted molar refractivity (Wildman–Crippen MR) is 237 cm³/mol. The Bertz CT molecular complexity index is 4030. The lowest BCUT2D eigenvalue weighted by Gasteiger charge is -2.36. The molecule has 8 nitrogen and oxygen atoms in total. The summed E-state index contributed by atoms with van der Waals surface area (Å²) in [4.78, 5) is 0. The summed E-state index contributed by atoms with van der Waals surface area (Å²) in [6.07, 6.45) is 0. The molecule has 280 valence electrons. The minimum atomic E-state index is -0.315. The molecule has 5 aromatic heterocycles. The van der Waals surface area contributed by atoms with E-state index >= 15 is 0 Å². The zero-order valence-corrected chi connectivity index (χ0v) is 33.2. The van der Waals surface area contributed by atoms with Crippen LogP contribution in [0.3, 0.4) is 0 Å². The van der Waals surface area contributed by atoms with Crippen LogP contribution in [0.15, 0.2) is 104 Å². The van der Waals surface area contributed by atoms with E-state index in [0.717, 1.165) is 138 Å². The number of nitrogens with zero attached hydrogens (tertiary/aromatic N) is 4. The molecule has 0 radical (unpaired) electrons. The Morgan fingerprint density at radius 3 is 1.66 bits per heavy atom. The number of ether oxygens (including phenoxy) is 1. The van der Waals surface area contributed by atoms with E-state index in [2.05, 4.69) is 130 Å². The first-order chi connectivity index (χ1) is 28.6. The number of hydrogen-bond acceptors (Lipinski definition) is 6. The summed E-state index contributed by atoms with van der Waals surface area (Å²) in [5.74, 6) is 1.43. The van der Waals surface area contributed by atoms with Crippen LogP contribution in [0.25, 0.3) is 110 Å². The van der Waals surface area contributed by atoms with Crippen LogP contribution in [0.2, 0.25) is 0 Å². The molecule has 15 rings (SSSR count). The number of benzene rings is 7. The van der Waals surface area contributed by atoms with Crippen molar-refractivity contribution in [3.8, 4) is 22.9 Å². The highest BCUT2D eigenvalue weighted by Gasteiger charge is 2.51. The van der Waals surface area contributed by atoms with Crippen molar-refractivity contribution in [2.24, 2.45) is 0 Å². The molecule has 12 aromatic rings. The molecule has 59 heavy (non-hydrogen) atoms. The van der Waals surface area contributed by atoms with E-state index in [1.807, 2.05) is 12.1 Å². The van der Waals surface area contributed by atoms with E-state index in [9.17, 15) is 0 Å². The van der Waals surface area contributed by atoms with Crippen LogP contribution in [0, 0.1) is 0 Å². The second-order valence-electron chi connectivity index (χ2n) is 18.9. The van der Waals surface area contributed by atoms with Gasteiger partial charge >= 0.3 is 0 Å². The van der Waals surface area contributed by atoms with Gasteiger partial charge in [-0.1, -0.05) is 108 Å². The molecule has 0 N–H and O–H groups in total. The maximum Gasteiger partial charge on any atom is 0.262 e. The lowest BCUT2D eigenvalue weighted by atomic mass is 9.33. The standard InChI is InChI=1S/C50H33BN4O4/c1-49(2,3)47-34-32-24-15-9-11-17-28(24)56-43(32)45-37-40(34)54(52-47)27-21-30-31(26-20-19-22-13-7-8-14-23(22)42(26)58-30)39-36(27)51(37)38-41-35(48(50(4,5)6)53-55(39)41)33-25-16-10-12-18-29(25)57-44(33)46(38)59-45/h7-21H,1-6H3. The van der Waals surface area contributed by atoms with Gasteiger partial charge in [-0.25, -0.2) is 9.36 Å². The average Bonchev–Trinajstić information content (AvgIpc) is 4.04. The van der Waals surface area contributed by atoms with Crippen molar-refractivity contribution < 1.29 is 18.0 Å². The first kappa shape index (κ1) is 31.1. The fourth-order valence-corrected chi connectivity index (χ4v) is 11.2. The Morgan fingerprint density at radius 1 is 0.492 bits per heavy atom. The zero-order chi connectivity index (χ0) is 39.2. The molecule has 0 fully saturated rings. The number of hydrogen-bond donors (Lipinski definition) is 0. The van der Waals surface area contributed by atoms with Gasteiger partial charge < -0.3 is 18.0 Å². The van der Waals surface area contributed by atoms with Crippen molar-refractivity contribution >= 4 is 121 Å². The summed E-state index contributed by atoms with van der Waals surface area (Å²) in [5.41, 5.74) is 13.5. The summed E-state index contributed by atoms with van der Waals surface area (Å²) in [6, 6.07) is 31.8. The lowest BCUT2D eigenvalue weighted by molar-refractivity contribution is 0.476. The van der Waals surface area contributed by atoms with E-state index in [-0.39, 0.29) is 17.5 Å². The van der Waals surface area contributed by atoms with Gasteiger partial charge in [0.25, 0.3) is 6.71 Å². The number of furan rings is 3. The second-order valence-corrected chi connectivity index (χ2v) is 18.9. The van der Waals surface area contributed by atoms with Gasteiger partial charge in [0.15, 0.2) is 22.7 Å². The SMILES string of the molecule is CC(C)(C)c1nn2c3c4c(c5oc6ccccc6c5c13)Oc1c3c5c(c(C(C)(C)C)nn5-c5c(c-2cc2oc6c7ccccc7ccc6c52)B43)c2c1oc1ccccc12. The molecule has 0 unspecified atom stereocenters. The Hall–Kier alpha value is -7.00. The topological polar surface area (TPSA) is 84.3 Å². The molecule has 0 saturated carbocycles. The highest BCUT2D eigenvalue weighted by atomic mass is 16.5. The second kappa shape index (κ2) is 9.48. The number of rotatable bonds is 0. The monoisotopic (exact) mass is 764 g/mol. The molecule has 0 amide bonds. The molecule has 0 saturated heterocycles. The van der Waals surface area contributed by atoms with Crippen molar-refractivity contribution in [1.82, 2.24) is 19.6 Å². The van der Waals surface area contributed by atoms with Crippen molar-refractivity contribution in [2.75, 3.05) is 0 Å². The number of para-hydroxylation sites is 2. The van der Waals surface area contributed by atoms with Crippen molar-refractivity contribution in [2.45, 2.75) is 52.4 Å². The van der Waals surface area contributed by atoms with Gasteiger partial charge in [-0.05, 0) is 29.0 Å². The summed E-state index contributed by atoms with van der Waals surface area (Å²) < 4.78 is 32.9. The van der Waals surface area contributed by atoms with Gasteiger partial charge in [0.05, 0.1) is 39.2 Å². The Balaban J connectivity index is 1.26. The summed E-state index contributed by atoms with van der Waals surface area (Å²) in [6.45, 7) is 13.3. The van der Waals surface area contributed by atoms with Gasteiger partial charge in [0, 0.05) is 70.9 Å². The molecule has 0 aliphatic carbocycles. The van der Waals surface area contributed by atoms with Gasteiger partial charge in [-0.3, -0.25) is 0 Å². The van der Waals surface area contributed by atoms with E-state index in [4.69, 9.17) is 28.2 Å². The van der Waals surface area contributed by atoms with Gasteiger partial charge in [-0.2, -0.15) is 10.2 Å². The molecule has 0 spiro atoms. The number of fused-ring (bicyclic) bond motifs is 18. The largest absolute Gasteiger partial charge is 0.455 e. The third kappa shape index (κ3) is 3.36. The third-order valence-electron chi connectivity index (χ3n) is 13.4. The molecule has 3 aliphatic heterocycles. The highest BCUT2D eigenvalue weighted by Crippen LogP contribution is 2.53. The Morgan fingerprint density at radius 2 is 1.03 bits per heavy atom. The van der Waals surface area contributed by atoms with Crippen LogP contribution in [0.4, 0.5) is 0 Å².